The monoisotopic (exact) mass is 206 g/mol. The molecule has 0 aliphatic heterocycles. The van der Waals surface area contributed by atoms with Crippen LogP contribution in [0.1, 0.15) is 42.1 Å². The molecule has 0 aliphatic rings. The third-order valence-corrected chi connectivity index (χ3v) is 2.71. The van der Waals surface area contributed by atoms with Crippen molar-refractivity contribution >= 4 is 12.2 Å². The van der Waals surface area contributed by atoms with Crippen LogP contribution in [-0.2, 0) is 0 Å². The minimum Gasteiger partial charge on any atom is -0.349 e. The summed E-state index contributed by atoms with van der Waals surface area (Å²) >= 11 is 5.09. The number of hydrogen-bond donors (Lipinski definition) is 1. The average molecular weight is 206 g/mol. The van der Waals surface area contributed by atoms with E-state index in [1.165, 1.54) is 5.56 Å². The molecule has 0 aliphatic carbocycles. The third-order valence-electron chi connectivity index (χ3n) is 2.40. The summed E-state index contributed by atoms with van der Waals surface area (Å²) in [5, 5.41) is 8.96. The van der Waals surface area contributed by atoms with E-state index in [9.17, 15) is 0 Å². The Morgan fingerprint density at radius 3 is 2.36 bits per heavy atom. The quantitative estimate of drug-likeness (QED) is 0.716. The van der Waals surface area contributed by atoms with Gasteiger partial charge in [-0.2, -0.15) is 5.26 Å². The lowest BCUT2D eigenvalue weighted by molar-refractivity contribution is 0.828. The van der Waals surface area contributed by atoms with Crippen LogP contribution >= 0.6 is 12.2 Å². The van der Waals surface area contributed by atoms with E-state index in [1.807, 2.05) is 13.8 Å². The number of hydrogen-bond acceptors (Lipinski definition) is 2. The van der Waals surface area contributed by atoms with Crippen LogP contribution in [0.25, 0.3) is 0 Å². The number of pyridine rings is 1. The number of aromatic nitrogens is 1. The lowest BCUT2D eigenvalue weighted by Gasteiger charge is -2.14. The van der Waals surface area contributed by atoms with Gasteiger partial charge in [0.1, 0.15) is 10.7 Å². The first-order valence-corrected chi connectivity index (χ1v) is 5.03. The zero-order valence-electron chi connectivity index (χ0n) is 8.93. The van der Waals surface area contributed by atoms with Gasteiger partial charge < -0.3 is 4.98 Å². The maximum atomic E-state index is 8.96. The maximum Gasteiger partial charge on any atom is 0.121 e. The molecule has 1 aromatic rings. The summed E-state index contributed by atoms with van der Waals surface area (Å²) in [6.07, 6.45) is 0. The Morgan fingerprint density at radius 1 is 1.36 bits per heavy atom. The smallest absolute Gasteiger partial charge is 0.121 e. The van der Waals surface area contributed by atoms with Crippen LogP contribution in [0.15, 0.2) is 0 Å². The van der Waals surface area contributed by atoms with E-state index in [0.29, 0.717) is 16.1 Å². The molecule has 0 saturated heterocycles. The summed E-state index contributed by atoms with van der Waals surface area (Å²) in [5.74, 6) is 0.411. The van der Waals surface area contributed by atoms with Gasteiger partial charge >= 0.3 is 0 Å². The van der Waals surface area contributed by atoms with E-state index in [0.717, 1.165) is 11.3 Å². The van der Waals surface area contributed by atoms with Crippen LogP contribution in [-0.4, -0.2) is 4.98 Å². The summed E-state index contributed by atoms with van der Waals surface area (Å²) in [7, 11) is 0. The van der Waals surface area contributed by atoms with Crippen molar-refractivity contribution in [1.82, 2.24) is 4.98 Å². The molecule has 0 radical (unpaired) electrons. The van der Waals surface area contributed by atoms with Gasteiger partial charge in [-0.25, -0.2) is 0 Å². The van der Waals surface area contributed by atoms with Gasteiger partial charge in [0, 0.05) is 5.69 Å². The Balaban J connectivity index is 3.63. The van der Waals surface area contributed by atoms with Crippen molar-refractivity contribution in [3.05, 3.63) is 27.0 Å². The molecule has 0 bridgehead atoms. The van der Waals surface area contributed by atoms with Gasteiger partial charge in [-0.1, -0.05) is 26.1 Å². The molecule has 1 rings (SSSR count). The second kappa shape index (κ2) is 3.93. The van der Waals surface area contributed by atoms with Gasteiger partial charge in [-0.05, 0) is 30.9 Å². The van der Waals surface area contributed by atoms with E-state index >= 15 is 0 Å². The molecule has 0 aromatic carbocycles. The average Bonchev–Trinajstić information content (AvgIpc) is 2.02. The van der Waals surface area contributed by atoms with Gasteiger partial charge in [0.25, 0.3) is 0 Å². The molecule has 0 atom stereocenters. The Labute approximate surface area is 89.6 Å². The molecule has 0 spiro atoms. The fourth-order valence-electron chi connectivity index (χ4n) is 1.89. The molecule has 74 valence electrons. The van der Waals surface area contributed by atoms with Crippen molar-refractivity contribution in [3.63, 3.8) is 0 Å². The van der Waals surface area contributed by atoms with E-state index < -0.39 is 0 Å². The van der Waals surface area contributed by atoms with Crippen molar-refractivity contribution < 1.29 is 0 Å². The fourth-order valence-corrected chi connectivity index (χ4v) is 2.24. The number of nitrogens with one attached hydrogen (secondary N) is 1. The Morgan fingerprint density at radius 2 is 1.93 bits per heavy atom. The van der Waals surface area contributed by atoms with Crippen LogP contribution in [0.4, 0.5) is 0 Å². The van der Waals surface area contributed by atoms with E-state index in [1.54, 1.807) is 0 Å². The molecule has 1 aromatic heterocycles. The van der Waals surface area contributed by atoms with Crippen LogP contribution < -0.4 is 0 Å². The number of H-pyrrole nitrogens is 1. The molecule has 1 heterocycles. The van der Waals surface area contributed by atoms with Gasteiger partial charge in [0.05, 0.1) is 5.56 Å². The summed E-state index contributed by atoms with van der Waals surface area (Å²) in [5.41, 5.74) is 3.90. The summed E-state index contributed by atoms with van der Waals surface area (Å²) < 4.78 is 0.548. The molecular weight excluding hydrogens is 192 g/mol. The second-order valence-electron chi connectivity index (χ2n) is 3.76. The first-order chi connectivity index (χ1) is 6.49. The van der Waals surface area contributed by atoms with E-state index in [-0.39, 0.29) is 0 Å². The molecule has 0 amide bonds. The van der Waals surface area contributed by atoms with Crippen LogP contribution in [0.3, 0.4) is 0 Å². The first kappa shape index (κ1) is 10.9. The number of rotatable bonds is 1. The maximum absolute atomic E-state index is 8.96. The van der Waals surface area contributed by atoms with Crippen molar-refractivity contribution in [2.45, 2.75) is 33.6 Å². The largest absolute Gasteiger partial charge is 0.349 e. The van der Waals surface area contributed by atoms with Crippen molar-refractivity contribution in [2.75, 3.05) is 0 Å². The zero-order chi connectivity index (χ0) is 10.9. The molecule has 3 heteroatoms. The van der Waals surface area contributed by atoms with Crippen molar-refractivity contribution in [3.8, 4) is 6.07 Å². The van der Waals surface area contributed by atoms with Gasteiger partial charge in [0.2, 0.25) is 0 Å². The normalized spacial score (nSPS) is 10.3. The predicted octanol–water partition coefficient (Wildman–Crippen LogP) is 3.36. The molecular formula is C11H14N2S. The second-order valence-corrected chi connectivity index (χ2v) is 4.17. The Bertz CT molecular complexity index is 450. The number of aromatic amines is 1. The number of aryl methyl sites for hydroxylation is 1. The lowest BCUT2D eigenvalue weighted by Crippen LogP contribution is -2.02. The number of nitrogens with zero attached hydrogens (tertiary/aromatic N) is 1. The lowest BCUT2D eigenvalue weighted by atomic mass is 9.94. The van der Waals surface area contributed by atoms with Crippen molar-refractivity contribution in [2.24, 2.45) is 0 Å². The highest BCUT2D eigenvalue weighted by atomic mass is 32.1. The zero-order valence-corrected chi connectivity index (χ0v) is 9.75. The summed E-state index contributed by atoms with van der Waals surface area (Å²) in [6, 6.07) is 2.15. The molecule has 1 N–H and O–H groups in total. The highest BCUT2D eigenvalue weighted by Gasteiger charge is 2.12. The van der Waals surface area contributed by atoms with Gasteiger partial charge in [-0.3, -0.25) is 0 Å². The van der Waals surface area contributed by atoms with Crippen LogP contribution in [0.2, 0.25) is 0 Å². The summed E-state index contributed by atoms with van der Waals surface area (Å²) in [4.78, 5) is 3.07. The highest BCUT2D eigenvalue weighted by Crippen LogP contribution is 2.24. The van der Waals surface area contributed by atoms with Crippen LogP contribution in [0.5, 0.6) is 0 Å². The topological polar surface area (TPSA) is 39.6 Å². The third kappa shape index (κ3) is 1.71. The van der Waals surface area contributed by atoms with Gasteiger partial charge in [-0.15, -0.1) is 0 Å². The minimum atomic E-state index is 0.411. The Kier molecular flexibility index (Phi) is 3.07. The fraction of sp³-hybridized carbons (Fsp3) is 0.455. The molecule has 0 fully saturated rings. The molecule has 14 heavy (non-hydrogen) atoms. The molecule has 0 unspecified atom stereocenters. The van der Waals surface area contributed by atoms with E-state index in [2.05, 4.69) is 24.9 Å². The molecule has 0 saturated carbocycles. The summed E-state index contributed by atoms with van der Waals surface area (Å²) in [6.45, 7) is 8.20. The SMILES string of the molecule is Cc1[nH]c(=S)c(C#N)c(C)c1C(C)C. The molecule has 2 nitrogen and oxygen atoms in total. The Hall–Kier alpha value is -1.14. The standard InChI is InChI=1S/C11H14N2S/c1-6(2)10-7(3)9(5-12)11(14)13-8(10)4/h6H,1-4H3,(H,13,14). The highest BCUT2D eigenvalue weighted by molar-refractivity contribution is 7.71. The number of nitriles is 1. The van der Waals surface area contributed by atoms with Crippen molar-refractivity contribution in [1.29, 1.82) is 5.26 Å². The minimum absolute atomic E-state index is 0.411. The first-order valence-electron chi connectivity index (χ1n) is 4.62. The van der Waals surface area contributed by atoms with Gasteiger partial charge in [0.15, 0.2) is 0 Å². The van der Waals surface area contributed by atoms with E-state index in [4.69, 9.17) is 17.5 Å². The predicted molar refractivity (Wildman–Crippen MR) is 59.9 cm³/mol. The van der Waals surface area contributed by atoms with Crippen LogP contribution in [0, 0.1) is 29.8 Å².